The topological polar surface area (TPSA) is 126 Å². The summed E-state index contributed by atoms with van der Waals surface area (Å²) in [7, 11) is 0. The number of aromatic amines is 1. The Morgan fingerprint density at radius 2 is 2.21 bits per heavy atom. The second-order valence-electron chi connectivity index (χ2n) is 7.59. The number of fused-ring (bicyclic) bond motifs is 1. The third-order valence-electron chi connectivity index (χ3n) is 5.53. The first-order valence-corrected chi connectivity index (χ1v) is 11.7. The Kier molecular flexibility index (Phi) is 5.78. The number of anilines is 2. The van der Waals surface area contributed by atoms with Crippen LogP contribution in [0.15, 0.2) is 42.6 Å². The first kappa shape index (κ1) is 21.1. The maximum atomic E-state index is 12.6. The van der Waals surface area contributed by atoms with Gasteiger partial charge >= 0.3 is 0 Å². The second kappa shape index (κ2) is 9.02. The van der Waals surface area contributed by atoms with E-state index in [2.05, 4.69) is 43.2 Å². The van der Waals surface area contributed by atoms with Crippen LogP contribution in [0.2, 0.25) is 0 Å². The Morgan fingerprint density at radius 3 is 2.94 bits per heavy atom. The first-order chi connectivity index (χ1) is 16.2. The maximum Gasteiger partial charge on any atom is 0.258 e. The summed E-state index contributed by atoms with van der Waals surface area (Å²) in [5.41, 5.74) is 5.59. The van der Waals surface area contributed by atoms with Crippen LogP contribution in [0, 0.1) is 6.92 Å². The lowest BCUT2D eigenvalue weighted by molar-refractivity contribution is 0.102. The summed E-state index contributed by atoms with van der Waals surface area (Å²) in [5.74, 6) is 1.92. The molecule has 0 fully saturated rings. The zero-order chi connectivity index (χ0) is 22.8. The van der Waals surface area contributed by atoms with E-state index in [1.807, 2.05) is 59.8 Å². The molecule has 1 atom stereocenters. The number of pyridine rings is 1. The molecule has 0 radical (unpaired) electrons. The van der Waals surface area contributed by atoms with Crippen LogP contribution >= 0.6 is 11.8 Å². The van der Waals surface area contributed by atoms with E-state index in [0.29, 0.717) is 5.56 Å². The first-order valence-electron chi connectivity index (χ1n) is 10.7. The number of rotatable bonds is 5. The Morgan fingerprint density at radius 1 is 1.30 bits per heavy atom. The van der Waals surface area contributed by atoms with Crippen molar-refractivity contribution in [3.05, 3.63) is 64.8 Å². The number of thioether (sulfide) groups is 1. The van der Waals surface area contributed by atoms with Crippen LogP contribution in [0.3, 0.4) is 0 Å². The molecule has 3 aromatic heterocycles. The van der Waals surface area contributed by atoms with Crippen molar-refractivity contribution in [1.82, 2.24) is 35.4 Å². The standard InChI is InChI=1S/C22H23N9OS/c1-3-31-20-17(18(28-31)16-6-4-5-9-23-16)19(33-11-10-24-20)15-8-7-14(12-13(15)2)21(32)25-22-26-29-30-27-22/h4-9,12,19,24H,3,10-11H2,1-2H3,(H2,25,26,27,29,30,32). The van der Waals surface area contributed by atoms with Crippen molar-refractivity contribution < 1.29 is 4.79 Å². The van der Waals surface area contributed by atoms with E-state index < -0.39 is 0 Å². The van der Waals surface area contributed by atoms with Crippen LogP contribution in [0.1, 0.15) is 39.2 Å². The summed E-state index contributed by atoms with van der Waals surface area (Å²) in [4.78, 5) is 17.2. The van der Waals surface area contributed by atoms with Gasteiger partial charge in [-0.2, -0.15) is 5.10 Å². The van der Waals surface area contributed by atoms with Crippen LogP contribution in [-0.2, 0) is 6.54 Å². The zero-order valence-electron chi connectivity index (χ0n) is 18.2. The van der Waals surface area contributed by atoms with E-state index in [9.17, 15) is 4.79 Å². The molecule has 0 spiro atoms. The van der Waals surface area contributed by atoms with Gasteiger partial charge in [-0.15, -0.1) is 11.8 Å². The quantitative estimate of drug-likeness (QED) is 0.413. The van der Waals surface area contributed by atoms with E-state index in [1.54, 1.807) is 6.20 Å². The molecule has 33 heavy (non-hydrogen) atoms. The number of amides is 1. The summed E-state index contributed by atoms with van der Waals surface area (Å²) in [5, 5.41) is 24.4. The molecule has 0 saturated carbocycles. The van der Waals surface area contributed by atoms with Gasteiger partial charge in [-0.25, -0.2) is 9.78 Å². The van der Waals surface area contributed by atoms with Crippen molar-refractivity contribution in [3.8, 4) is 11.4 Å². The van der Waals surface area contributed by atoms with Gasteiger partial charge in [0.05, 0.1) is 10.9 Å². The smallest absolute Gasteiger partial charge is 0.258 e. The van der Waals surface area contributed by atoms with Crippen LogP contribution in [0.25, 0.3) is 11.4 Å². The van der Waals surface area contributed by atoms with Gasteiger partial charge in [-0.3, -0.25) is 15.1 Å². The number of nitrogens with zero attached hydrogens (tertiary/aromatic N) is 6. The molecular weight excluding hydrogens is 438 g/mol. The highest BCUT2D eigenvalue weighted by Crippen LogP contribution is 2.46. The van der Waals surface area contributed by atoms with Crippen molar-refractivity contribution >= 4 is 29.4 Å². The van der Waals surface area contributed by atoms with Crippen LogP contribution in [0.5, 0.6) is 0 Å². The summed E-state index contributed by atoms with van der Waals surface area (Å²) < 4.78 is 2.01. The van der Waals surface area contributed by atoms with Crippen molar-refractivity contribution in [3.63, 3.8) is 0 Å². The largest absolute Gasteiger partial charge is 0.369 e. The van der Waals surface area contributed by atoms with E-state index in [0.717, 1.165) is 52.7 Å². The number of tetrazole rings is 1. The Labute approximate surface area is 194 Å². The molecule has 10 nitrogen and oxygen atoms in total. The van der Waals surface area contributed by atoms with Gasteiger partial charge < -0.3 is 5.32 Å². The zero-order valence-corrected chi connectivity index (χ0v) is 19.1. The Balaban J connectivity index is 1.55. The fourth-order valence-electron chi connectivity index (χ4n) is 4.01. The Hall–Kier alpha value is -3.73. The minimum absolute atomic E-state index is 0.0582. The van der Waals surface area contributed by atoms with Gasteiger partial charge in [0.1, 0.15) is 11.5 Å². The highest BCUT2D eigenvalue weighted by Gasteiger charge is 2.31. The van der Waals surface area contributed by atoms with Gasteiger partial charge in [0.25, 0.3) is 5.91 Å². The summed E-state index contributed by atoms with van der Waals surface area (Å²) >= 11 is 1.87. The highest BCUT2D eigenvalue weighted by molar-refractivity contribution is 7.99. The van der Waals surface area contributed by atoms with Crippen LogP contribution in [-0.4, -0.2) is 53.6 Å². The number of benzene rings is 1. The molecule has 0 aliphatic carbocycles. The minimum atomic E-state index is -0.271. The molecule has 11 heteroatoms. The van der Waals surface area contributed by atoms with Crippen LogP contribution in [0.4, 0.5) is 11.8 Å². The number of H-pyrrole nitrogens is 1. The van der Waals surface area contributed by atoms with E-state index in [-0.39, 0.29) is 17.1 Å². The molecule has 3 N–H and O–H groups in total. The van der Waals surface area contributed by atoms with Gasteiger partial charge in [-0.05, 0) is 59.7 Å². The lowest BCUT2D eigenvalue weighted by Gasteiger charge is -2.19. The number of hydrogen-bond acceptors (Lipinski definition) is 8. The Bertz CT molecular complexity index is 1270. The number of aryl methyl sites for hydroxylation is 2. The van der Waals surface area contributed by atoms with E-state index in [4.69, 9.17) is 5.10 Å². The molecular formula is C22H23N9OS. The number of carbonyl (C=O) groups is 1. The number of nitrogens with one attached hydrogen (secondary N) is 3. The third-order valence-corrected chi connectivity index (χ3v) is 6.79. The SMILES string of the molecule is CCn1nc(-c2ccccn2)c2c1NCCSC2c1ccc(C(=O)Nc2nnn[nH]2)cc1C. The lowest BCUT2D eigenvalue weighted by atomic mass is 9.96. The fourth-order valence-corrected chi connectivity index (χ4v) is 5.30. The molecule has 1 amide bonds. The predicted molar refractivity (Wildman–Crippen MR) is 127 cm³/mol. The van der Waals surface area contributed by atoms with Crippen molar-refractivity contribution in [1.29, 1.82) is 0 Å². The number of hydrogen-bond donors (Lipinski definition) is 3. The number of carbonyl (C=O) groups excluding carboxylic acids is 1. The molecule has 1 aliphatic heterocycles. The van der Waals surface area contributed by atoms with Gasteiger partial charge in [0.2, 0.25) is 5.95 Å². The van der Waals surface area contributed by atoms with Crippen molar-refractivity contribution in [2.24, 2.45) is 0 Å². The number of aromatic nitrogens is 7. The molecule has 4 aromatic rings. The highest BCUT2D eigenvalue weighted by atomic mass is 32.2. The van der Waals surface area contributed by atoms with Gasteiger partial charge in [0.15, 0.2) is 0 Å². The lowest BCUT2D eigenvalue weighted by Crippen LogP contribution is -2.14. The van der Waals surface area contributed by atoms with Crippen molar-refractivity contribution in [2.75, 3.05) is 22.9 Å². The van der Waals surface area contributed by atoms with Crippen LogP contribution < -0.4 is 10.6 Å². The van der Waals surface area contributed by atoms with Gasteiger partial charge in [0, 0.05) is 36.2 Å². The minimum Gasteiger partial charge on any atom is -0.369 e. The van der Waals surface area contributed by atoms with E-state index in [1.165, 1.54) is 0 Å². The van der Waals surface area contributed by atoms with E-state index >= 15 is 0 Å². The second-order valence-corrected chi connectivity index (χ2v) is 8.81. The third kappa shape index (κ3) is 4.07. The summed E-state index contributed by atoms with van der Waals surface area (Å²) in [6, 6.07) is 11.7. The summed E-state index contributed by atoms with van der Waals surface area (Å²) in [6.45, 7) is 5.73. The van der Waals surface area contributed by atoms with Gasteiger partial charge in [-0.1, -0.05) is 17.2 Å². The molecule has 1 aromatic carbocycles. The average Bonchev–Trinajstić information content (AvgIpc) is 3.42. The average molecular weight is 462 g/mol. The molecule has 4 heterocycles. The molecule has 1 aliphatic rings. The molecule has 5 rings (SSSR count). The molecule has 1 unspecified atom stereocenters. The summed E-state index contributed by atoms with van der Waals surface area (Å²) in [6.07, 6.45) is 1.79. The molecule has 0 saturated heterocycles. The fraction of sp³-hybridized carbons (Fsp3) is 0.273. The predicted octanol–water partition coefficient (Wildman–Crippen LogP) is 3.29. The molecule has 168 valence electrons. The monoisotopic (exact) mass is 461 g/mol. The maximum absolute atomic E-state index is 12.6. The molecule has 0 bridgehead atoms. The van der Waals surface area contributed by atoms with Crippen molar-refractivity contribution in [2.45, 2.75) is 25.6 Å². The normalized spacial score (nSPS) is 15.4.